The zero-order valence-electron chi connectivity index (χ0n) is 27.6. The Bertz CT molecular complexity index is 2200. The Labute approximate surface area is 284 Å². The van der Waals surface area contributed by atoms with Crippen molar-refractivity contribution in [3.8, 4) is 22.3 Å². The van der Waals surface area contributed by atoms with E-state index in [2.05, 4.69) is 195 Å². The van der Waals surface area contributed by atoms with Crippen LogP contribution in [0.25, 0.3) is 45.2 Å². The fourth-order valence-corrected chi connectivity index (χ4v) is 7.73. The second-order valence-electron chi connectivity index (χ2n) is 12.9. The SMILES string of the molecule is CCC1(CC)c2cc(/C=C/c3ccc4cc(-c5ccccc5)ccc4c3)ccc2-c2ccc(N(c3ccccc3)c3ccccc3)cc21. The van der Waals surface area contributed by atoms with E-state index in [0.29, 0.717) is 0 Å². The number of para-hydroxylation sites is 2. The Morgan fingerprint density at radius 1 is 0.438 bits per heavy atom. The predicted octanol–water partition coefficient (Wildman–Crippen LogP) is 13.2. The summed E-state index contributed by atoms with van der Waals surface area (Å²) in [5.41, 5.74) is 14.0. The van der Waals surface area contributed by atoms with Crippen molar-refractivity contribution in [2.24, 2.45) is 0 Å². The lowest BCUT2D eigenvalue weighted by Gasteiger charge is -2.32. The van der Waals surface area contributed by atoms with Gasteiger partial charge in [-0.25, -0.2) is 0 Å². The minimum Gasteiger partial charge on any atom is -0.310 e. The maximum absolute atomic E-state index is 2.45. The molecule has 0 spiro atoms. The molecule has 8 rings (SSSR count). The monoisotopic (exact) mass is 617 g/mol. The minimum absolute atomic E-state index is 0.0387. The molecule has 1 aliphatic rings. The van der Waals surface area contributed by atoms with Gasteiger partial charge < -0.3 is 4.90 Å². The summed E-state index contributed by atoms with van der Waals surface area (Å²) in [6.07, 6.45) is 6.62. The Morgan fingerprint density at radius 3 is 1.60 bits per heavy atom. The molecule has 0 unspecified atom stereocenters. The predicted molar refractivity (Wildman–Crippen MR) is 206 cm³/mol. The van der Waals surface area contributed by atoms with Crippen LogP contribution in [0.2, 0.25) is 0 Å². The molecule has 0 radical (unpaired) electrons. The fourth-order valence-electron chi connectivity index (χ4n) is 7.73. The number of fused-ring (bicyclic) bond motifs is 4. The van der Waals surface area contributed by atoms with Crippen LogP contribution >= 0.6 is 0 Å². The van der Waals surface area contributed by atoms with E-state index < -0.39 is 0 Å². The first-order chi connectivity index (χ1) is 23.7. The first-order valence-electron chi connectivity index (χ1n) is 17.1. The van der Waals surface area contributed by atoms with E-state index in [1.54, 1.807) is 0 Å². The van der Waals surface area contributed by atoms with Crippen LogP contribution < -0.4 is 4.90 Å². The topological polar surface area (TPSA) is 3.24 Å². The summed E-state index contributed by atoms with van der Waals surface area (Å²) in [5, 5.41) is 2.52. The van der Waals surface area contributed by atoms with E-state index in [9.17, 15) is 0 Å². The van der Waals surface area contributed by atoms with Gasteiger partial charge in [0.15, 0.2) is 0 Å². The third-order valence-electron chi connectivity index (χ3n) is 10.3. The standard InChI is InChI=1S/C47H39N/c1-3-47(4-2)45-31-35(21-20-34-22-24-39-32-38(26-25-37(39)30-34)36-14-8-5-9-15-36)23-28-43(45)44-29-27-42(33-46(44)47)48(40-16-10-6-11-17-40)41-18-12-7-13-19-41/h5-33H,3-4H2,1-2H3/b21-20+. The van der Waals surface area contributed by atoms with E-state index in [4.69, 9.17) is 0 Å². The molecular formula is C47H39N. The maximum Gasteiger partial charge on any atom is 0.0465 e. The van der Waals surface area contributed by atoms with E-state index in [0.717, 1.165) is 24.2 Å². The quantitative estimate of drug-likeness (QED) is 0.153. The Morgan fingerprint density at radius 2 is 0.958 bits per heavy atom. The molecule has 7 aromatic rings. The molecule has 0 heterocycles. The molecule has 0 fully saturated rings. The summed E-state index contributed by atoms with van der Waals surface area (Å²) in [7, 11) is 0. The van der Waals surface area contributed by atoms with Crippen molar-refractivity contribution in [3.63, 3.8) is 0 Å². The van der Waals surface area contributed by atoms with Gasteiger partial charge in [0.05, 0.1) is 0 Å². The van der Waals surface area contributed by atoms with Gasteiger partial charge in [0.25, 0.3) is 0 Å². The van der Waals surface area contributed by atoms with Gasteiger partial charge in [0.2, 0.25) is 0 Å². The van der Waals surface area contributed by atoms with E-state index in [1.165, 1.54) is 61.0 Å². The number of rotatable bonds is 8. The Hall–Kier alpha value is -5.66. The van der Waals surface area contributed by atoms with Crippen LogP contribution in [0.4, 0.5) is 17.1 Å². The van der Waals surface area contributed by atoms with Gasteiger partial charge >= 0.3 is 0 Å². The normalized spacial score (nSPS) is 13.0. The molecule has 48 heavy (non-hydrogen) atoms. The molecule has 1 heteroatoms. The average molecular weight is 618 g/mol. The van der Waals surface area contributed by atoms with Crippen molar-refractivity contribution >= 4 is 40.0 Å². The average Bonchev–Trinajstić information content (AvgIpc) is 3.43. The molecule has 0 amide bonds. The highest BCUT2D eigenvalue weighted by molar-refractivity contribution is 5.91. The van der Waals surface area contributed by atoms with Gasteiger partial charge in [0.1, 0.15) is 0 Å². The molecule has 0 atom stereocenters. The zero-order chi connectivity index (χ0) is 32.5. The minimum atomic E-state index is -0.0387. The molecule has 1 nitrogen and oxygen atoms in total. The number of nitrogens with zero attached hydrogens (tertiary/aromatic N) is 1. The lowest BCUT2D eigenvalue weighted by Crippen LogP contribution is -2.23. The smallest absolute Gasteiger partial charge is 0.0465 e. The van der Waals surface area contributed by atoms with Crippen molar-refractivity contribution in [3.05, 3.63) is 186 Å². The van der Waals surface area contributed by atoms with Gasteiger partial charge in [-0.15, -0.1) is 0 Å². The summed E-state index contributed by atoms with van der Waals surface area (Å²) in [5.74, 6) is 0. The molecule has 0 N–H and O–H groups in total. The zero-order valence-corrected chi connectivity index (χ0v) is 27.6. The van der Waals surface area contributed by atoms with Crippen molar-refractivity contribution in [1.29, 1.82) is 0 Å². The van der Waals surface area contributed by atoms with Gasteiger partial charge in [-0.2, -0.15) is 0 Å². The van der Waals surface area contributed by atoms with Gasteiger partial charge in [-0.1, -0.05) is 141 Å². The maximum atomic E-state index is 2.45. The van der Waals surface area contributed by atoms with Crippen LogP contribution in [0.1, 0.15) is 48.9 Å². The second-order valence-corrected chi connectivity index (χ2v) is 12.9. The van der Waals surface area contributed by atoms with Crippen LogP contribution in [0.5, 0.6) is 0 Å². The summed E-state index contributed by atoms with van der Waals surface area (Å²) in [4.78, 5) is 2.37. The first kappa shape index (κ1) is 29.7. The highest BCUT2D eigenvalue weighted by Gasteiger charge is 2.41. The lowest BCUT2D eigenvalue weighted by atomic mass is 9.73. The highest BCUT2D eigenvalue weighted by atomic mass is 15.1. The van der Waals surface area contributed by atoms with Crippen LogP contribution in [0.15, 0.2) is 164 Å². The third kappa shape index (κ3) is 5.22. The summed E-state index contributed by atoms with van der Waals surface area (Å²) < 4.78 is 0. The van der Waals surface area contributed by atoms with Gasteiger partial charge in [0, 0.05) is 22.5 Å². The molecule has 0 saturated heterocycles. The van der Waals surface area contributed by atoms with Crippen LogP contribution in [-0.4, -0.2) is 0 Å². The Balaban J connectivity index is 1.13. The van der Waals surface area contributed by atoms with E-state index in [-0.39, 0.29) is 5.41 Å². The molecule has 232 valence electrons. The van der Waals surface area contributed by atoms with Gasteiger partial charge in [-0.3, -0.25) is 0 Å². The van der Waals surface area contributed by atoms with Crippen LogP contribution in [0, 0.1) is 0 Å². The van der Waals surface area contributed by atoms with Crippen molar-refractivity contribution in [2.45, 2.75) is 32.1 Å². The van der Waals surface area contributed by atoms with Crippen molar-refractivity contribution in [2.75, 3.05) is 4.90 Å². The molecule has 0 bridgehead atoms. The molecule has 0 saturated carbocycles. The molecule has 7 aromatic carbocycles. The number of benzene rings is 7. The molecule has 0 aliphatic heterocycles. The molecule has 1 aliphatic carbocycles. The fraction of sp³-hybridized carbons (Fsp3) is 0.106. The van der Waals surface area contributed by atoms with E-state index >= 15 is 0 Å². The molecule has 0 aromatic heterocycles. The van der Waals surface area contributed by atoms with Gasteiger partial charge in [-0.05, 0) is 117 Å². The Kier molecular flexibility index (Phi) is 7.74. The van der Waals surface area contributed by atoms with E-state index in [1.807, 2.05) is 0 Å². The number of hydrogen-bond acceptors (Lipinski definition) is 1. The lowest BCUT2D eigenvalue weighted by molar-refractivity contribution is 0.490. The van der Waals surface area contributed by atoms with Crippen LogP contribution in [0.3, 0.4) is 0 Å². The second kappa shape index (κ2) is 12.5. The van der Waals surface area contributed by atoms with Crippen LogP contribution in [-0.2, 0) is 5.41 Å². The van der Waals surface area contributed by atoms with Crippen molar-refractivity contribution < 1.29 is 0 Å². The summed E-state index contributed by atoms with van der Waals surface area (Å²) >= 11 is 0. The van der Waals surface area contributed by atoms with Crippen molar-refractivity contribution in [1.82, 2.24) is 0 Å². The molecular weight excluding hydrogens is 579 g/mol. The summed E-state index contributed by atoms with van der Waals surface area (Å²) in [6.45, 7) is 4.70. The first-order valence-corrected chi connectivity index (χ1v) is 17.1. The third-order valence-corrected chi connectivity index (χ3v) is 10.3. The summed E-state index contributed by atoms with van der Waals surface area (Å²) in [6, 6.07) is 59.7. The highest BCUT2D eigenvalue weighted by Crippen LogP contribution is 2.54. The largest absolute Gasteiger partial charge is 0.310 e. The number of hydrogen-bond donors (Lipinski definition) is 0. The number of anilines is 3.